The van der Waals surface area contributed by atoms with Crippen LogP contribution in [0.15, 0.2) is 109 Å². The molecule has 0 spiro atoms. The highest BCUT2D eigenvalue weighted by atomic mass is 16.1. The molecule has 1 heterocycles. The van der Waals surface area contributed by atoms with Crippen LogP contribution in [0.25, 0.3) is 11.6 Å². The zero-order chi connectivity index (χ0) is 19.9. The first-order valence-corrected chi connectivity index (χ1v) is 9.65. The van der Waals surface area contributed by atoms with Gasteiger partial charge in [-0.2, -0.15) is 0 Å². The summed E-state index contributed by atoms with van der Waals surface area (Å²) in [5.74, 6) is 0.0746. The molecule has 0 amide bonds. The summed E-state index contributed by atoms with van der Waals surface area (Å²) in [5, 5.41) is 0. The van der Waals surface area contributed by atoms with E-state index in [-0.39, 0.29) is 5.78 Å². The van der Waals surface area contributed by atoms with Crippen molar-refractivity contribution in [2.45, 2.75) is 6.42 Å². The molecule has 0 aliphatic heterocycles. The summed E-state index contributed by atoms with van der Waals surface area (Å²) in [6, 6.07) is 34.1. The maximum absolute atomic E-state index is 12.5. The van der Waals surface area contributed by atoms with Gasteiger partial charge in [0.05, 0.1) is 6.42 Å². The second-order valence-electron chi connectivity index (χ2n) is 6.83. The van der Waals surface area contributed by atoms with Crippen LogP contribution in [0.5, 0.6) is 0 Å². The highest BCUT2D eigenvalue weighted by Gasteiger charge is 2.09. The van der Waals surface area contributed by atoms with Crippen LogP contribution in [0, 0.1) is 0 Å². The number of hydrogen-bond donors (Lipinski definition) is 0. The molecule has 140 valence electrons. The largest absolute Gasteiger partial charge is 0.294 e. The van der Waals surface area contributed by atoms with Crippen molar-refractivity contribution < 1.29 is 4.79 Å². The fourth-order valence-electron chi connectivity index (χ4n) is 3.27. The first-order chi connectivity index (χ1) is 14.3. The van der Waals surface area contributed by atoms with E-state index >= 15 is 0 Å². The molecule has 2 nitrogen and oxygen atoms in total. The number of carbonyl (C=O) groups excluding carboxylic acids is 1. The number of nitrogens with zero attached hydrogens (tertiary/aromatic N) is 1. The molecule has 3 aromatic carbocycles. The number of hydrogen-bond acceptors (Lipinski definition) is 2. The van der Waals surface area contributed by atoms with E-state index in [0.29, 0.717) is 12.0 Å². The summed E-state index contributed by atoms with van der Waals surface area (Å²) in [6.45, 7) is 0. The van der Waals surface area contributed by atoms with Gasteiger partial charge in [-0.1, -0.05) is 91.0 Å². The monoisotopic (exact) mass is 375 g/mol. The number of aromatic nitrogens is 1. The van der Waals surface area contributed by atoms with E-state index in [1.165, 1.54) is 0 Å². The molecule has 0 aliphatic rings. The van der Waals surface area contributed by atoms with E-state index in [2.05, 4.69) is 35.3 Å². The van der Waals surface area contributed by atoms with Crippen LogP contribution in [0.4, 0.5) is 0 Å². The van der Waals surface area contributed by atoms with Crippen LogP contribution in [-0.2, 0) is 6.42 Å². The molecule has 29 heavy (non-hydrogen) atoms. The predicted molar refractivity (Wildman–Crippen MR) is 119 cm³/mol. The summed E-state index contributed by atoms with van der Waals surface area (Å²) < 4.78 is 0. The zero-order valence-electron chi connectivity index (χ0n) is 16.0. The number of ketones is 1. The summed E-state index contributed by atoms with van der Waals surface area (Å²) in [7, 11) is 0. The van der Waals surface area contributed by atoms with Crippen molar-refractivity contribution in [3.63, 3.8) is 0 Å². The molecule has 0 fully saturated rings. The van der Waals surface area contributed by atoms with E-state index < -0.39 is 0 Å². The Hall–Kier alpha value is -3.78. The van der Waals surface area contributed by atoms with Crippen molar-refractivity contribution in [3.05, 3.63) is 137 Å². The van der Waals surface area contributed by atoms with Gasteiger partial charge in [0.2, 0.25) is 0 Å². The molecule has 1 aromatic heterocycles. The van der Waals surface area contributed by atoms with Gasteiger partial charge in [0.1, 0.15) is 0 Å². The molecule has 0 saturated carbocycles. The van der Waals surface area contributed by atoms with Crippen molar-refractivity contribution in [2.24, 2.45) is 0 Å². The lowest BCUT2D eigenvalue weighted by Crippen LogP contribution is -2.04. The van der Waals surface area contributed by atoms with Gasteiger partial charge >= 0.3 is 0 Å². The minimum atomic E-state index is 0.0746. The van der Waals surface area contributed by atoms with Crippen LogP contribution < -0.4 is 0 Å². The molecule has 0 saturated heterocycles. The van der Waals surface area contributed by atoms with E-state index in [1.807, 2.05) is 78.9 Å². The number of rotatable bonds is 6. The smallest absolute Gasteiger partial charge is 0.168 e. The van der Waals surface area contributed by atoms with Crippen LogP contribution in [-0.4, -0.2) is 10.8 Å². The van der Waals surface area contributed by atoms with Crippen LogP contribution >= 0.6 is 0 Å². The quantitative estimate of drug-likeness (QED) is 0.301. The van der Waals surface area contributed by atoms with E-state index in [4.69, 9.17) is 0 Å². The number of Topliss-reactive ketones (excluding diaryl/α,β-unsaturated/α-hetero) is 1. The maximum atomic E-state index is 12.5. The Morgan fingerprint density at radius 3 is 1.79 bits per heavy atom. The van der Waals surface area contributed by atoms with Crippen molar-refractivity contribution in [1.82, 2.24) is 4.98 Å². The van der Waals surface area contributed by atoms with Gasteiger partial charge in [0.15, 0.2) is 5.78 Å². The lowest BCUT2D eigenvalue weighted by Gasteiger charge is -2.09. The second-order valence-corrected chi connectivity index (χ2v) is 6.83. The first kappa shape index (κ1) is 18.6. The van der Waals surface area contributed by atoms with Gasteiger partial charge in [-0.25, -0.2) is 0 Å². The standard InChI is InChI=1S/C27H21NO/c29-27(20-25-13-7-8-18-28-25)24-16-14-21(15-17-24)19-26(22-9-3-1-4-10-22)23-11-5-2-6-12-23/h1-19H,20H2. The molecule has 0 aliphatic carbocycles. The third-order valence-corrected chi connectivity index (χ3v) is 4.78. The average molecular weight is 375 g/mol. The van der Waals surface area contributed by atoms with Gasteiger partial charge < -0.3 is 0 Å². The van der Waals surface area contributed by atoms with E-state index in [1.54, 1.807) is 6.20 Å². The van der Waals surface area contributed by atoms with Crippen molar-refractivity contribution in [3.8, 4) is 0 Å². The molecule has 4 aromatic rings. The number of carbonyl (C=O) groups is 1. The summed E-state index contributed by atoms with van der Waals surface area (Å²) >= 11 is 0. The molecule has 0 N–H and O–H groups in total. The normalized spacial score (nSPS) is 10.3. The minimum absolute atomic E-state index is 0.0746. The molecular weight excluding hydrogens is 354 g/mol. The molecule has 4 rings (SSSR count). The summed E-state index contributed by atoms with van der Waals surface area (Å²) in [5.41, 5.74) is 6.02. The van der Waals surface area contributed by atoms with Crippen molar-refractivity contribution in [2.75, 3.05) is 0 Å². The van der Waals surface area contributed by atoms with Crippen molar-refractivity contribution in [1.29, 1.82) is 0 Å². The molecule has 0 atom stereocenters. The topological polar surface area (TPSA) is 30.0 Å². The minimum Gasteiger partial charge on any atom is -0.294 e. The third-order valence-electron chi connectivity index (χ3n) is 4.78. The fourth-order valence-corrected chi connectivity index (χ4v) is 3.27. The Morgan fingerprint density at radius 1 is 0.655 bits per heavy atom. The van der Waals surface area contributed by atoms with Gasteiger partial charge in [0, 0.05) is 17.5 Å². The van der Waals surface area contributed by atoms with Crippen LogP contribution in [0.1, 0.15) is 32.7 Å². The Morgan fingerprint density at radius 2 is 1.24 bits per heavy atom. The van der Waals surface area contributed by atoms with Gasteiger partial charge in [0.25, 0.3) is 0 Å². The predicted octanol–water partition coefficient (Wildman–Crippen LogP) is 6.10. The first-order valence-electron chi connectivity index (χ1n) is 9.65. The van der Waals surface area contributed by atoms with Crippen LogP contribution in [0.3, 0.4) is 0 Å². The molecule has 0 unspecified atom stereocenters. The van der Waals surface area contributed by atoms with E-state index in [9.17, 15) is 4.79 Å². The Balaban J connectivity index is 1.61. The van der Waals surface area contributed by atoms with E-state index in [0.717, 1.165) is 28.0 Å². The zero-order valence-corrected chi connectivity index (χ0v) is 16.0. The molecular formula is C27H21NO. The Bertz CT molecular complexity index is 1060. The number of benzene rings is 3. The highest BCUT2D eigenvalue weighted by Crippen LogP contribution is 2.26. The molecule has 2 heteroatoms. The van der Waals surface area contributed by atoms with Gasteiger partial charge in [-0.05, 0) is 40.5 Å². The Kier molecular flexibility index (Phi) is 5.73. The molecule has 0 radical (unpaired) electrons. The van der Waals surface area contributed by atoms with Gasteiger partial charge in [-0.3, -0.25) is 9.78 Å². The second kappa shape index (κ2) is 8.94. The summed E-state index contributed by atoms with van der Waals surface area (Å²) in [4.78, 5) is 16.8. The fraction of sp³-hybridized carbons (Fsp3) is 0.0370. The number of pyridine rings is 1. The van der Waals surface area contributed by atoms with Gasteiger partial charge in [-0.15, -0.1) is 0 Å². The molecule has 0 bridgehead atoms. The lowest BCUT2D eigenvalue weighted by atomic mass is 9.95. The highest BCUT2D eigenvalue weighted by molar-refractivity contribution is 5.98. The average Bonchev–Trinajstić information content (AvgIpc) is 2.80. The summed E-state index contributed by atoms with van der Waals surface area (Å²) in [6.07, 6.45) is 4.19. The van der Waals surface area contributed by atoms with Crippen LogP contribution in [0.2, 0.25) is 0 Å². The van der Waals surface area contributed by atoms with Crippen molar-refractivity contribution >= 4 is 17.4 Å². The Labute approximate surface area is 171 Å². The maximum Gasteiger partial charge on any atom is 0.168 e. The lowest BCUT2D eigenvalue weighted by molar-refractivity contribution is 0.0992. The SMILES string of the molecule is O=C(Cc1ccccn1)c1ccc(C=C(c2ccccc2)c2ccccc2)cc1. The third kappa shape index (κ3) is 4.74.